The number of hydrogen-bond acceptors (Lipinski definition) is 6. The summed E-state index contributed by atoms with van der Waals surface area (Å²) >= 11 is 0. The Morgan fingerprint density at radius 3 is 2.78 bits per heavy atom. The molecule has 9 heteroatoms. The van der Waals surface area contributed by atoms with Crippen molar-refractivity contribution in [1.82, 2.24) is 24.7 Å². The monoisotopic (exact) mass is 313 g/mol. The lowest BCUT2D eigenvalue weighted by Gasteiger charge is -2.00. The maximum absolute atomic E-state index is 10.7. The molecule has 2 aromatic heterocycles. The van der Waals surface area contributed by atoms with Crippen LogP contribution in [0.15, 0.2) is 36.5 Å². The first-order chi connectivity index (χ1) is 11.1. The summed E-state index contributed by atoms with van der Waals surface area (Å²) in [4.78, 5) is 18.4. The van der Waals surface area contributed by atoms with Gasteiger partial charge in [-0.2, -0.15) is 4.98 Å². The summed E-state index contributed by atoms with van der Waals surface area (Å²) in [7, 11) is 0. The Hall–Kier alpha value is -3.23. The Morgan fingerprint density at radius 2 is 2.09 bits per heavy atom. The highest BCUT2D eigenvalue weighted by Crippen LogP contribution is 2.13. The number of para-hydroxylation sites is 1. The van der Waals surface area contributed by atoms with Gasteiger partial charge < -0.3 is 20.0 Å². The van der Waals surface area contributed by atoms with Crippen molar-refractivity contribution in [3.05, 3.63) is 58.3 Å². The lowest BCUT2D eigenvalue weighted by atomic mass is 10.3. The number of H-pyrrole nitrogens is 1. The smallest absolute Gasteiger partial charge is 0.358 e. The molecule has 23 heavy (non-hydrogen) atoms. The standard InChI is InChI=1S/C14H15N7O2/c1-10-15-13(21(22)23)9-20(10)8-7-12-17-14(19-18-12)16-11-5-3-2-4-6-11/h2-6,9H,7-8H2,1H3,(H2,16,17,18,19). The molecule has 0 spiro atoms. The van der Waals surface area contributed by atoms with Gasteiger partial charge in [0.25, 0.3) is 0 Å². The highest BCUT2D eigenvalue weighted by molar-refractivity contribution is 5.52. The fourth-order valence-electron chi connectivity index (χ4n) is 2.15. The van der Waals surface area contributed by atoms with Crippen molar-refractivity contribution in [3.8, 4) is 0 Å². The molecule has 0 unspecified atom stereocenters. The topological polar surface area (TPSA) is 115 Å². The van der Waals surface area contributed by atoms with Crippen molar-refractivity contribution in [2.75, 3.05) is 5.32 Å². The minimum Gasteiger partial charge on any atom is -0.358 e. The number of aromatic nitrogens is 5. The molecular formula is C14H15N7O2. The number of benzene rings is 1. The number of aryl methyl sites for hydroxylation is 3. The predicted octanol–water partition coefficient (Wildman–Crippen LogP) is 2.20. The second kappa shape index (κ2) is 6.26. The van der Waals surface area contributed by atoms with E-state index in [1.807, 2.05) is 30.3 Å². The van der Waals surface area contributed by atoms with Gasteiger partial charge in [0.1, 0.15) is 12.0 Å². The summed E-state index contributed by atoms with van der Waals surface area (Å²) in [6.45, 7) is 2.27. The SMILES string of the molecule is Cc1nc([N+](=O)[O-])cn1CCc1nc(Nc2ccccc2)n[nH]1. The van der Waals surface area contributed by atoms with Gasteiger partial charge in [-0.1, -0.05) is 18.2 Å². The molecule has 2 heterocycles. The molecule has 118 valence electrons. The third-order valence-electron chi connectivity index (χ3n) is 3.30. The number of imidazole rings is 1. The zero-order valence-corrected chi connectivity index (χ0v) is 12.4. The van der Waals surface area contributed by atoms with Crippen LogP contribution in [-0.2, 0) is 13.0 Å². The molecule has 3 aromatic rings. The van der Waals surface area contributed by atoms with Gasteiger partial charge in [-0.25, -0.2) is 0 Å². The first-order valence-electron chi connectivity index (χ1n) is 7.03. The zero-order valence-electron chi connectivity index (χ0n) is 12.4. The Balaban J connectivity index is 1.62. The first-order valence-corrected chi connectivity index (χ1v) is 7.03. The summed E-state index contributed by atoms with van der Waals surface area (Å²) in [6, 6.07) is 9.62. The highest BCUT2D eigenvalue weighted by Gasteiger charge is 2.15. The Bertz CT molecular complexity index is 810. The number of nitrogens with zero attached hydrogens (tertiary/aromatic N) is 5. The van der Waals surface area contributed by atoms with E-state index in [1.54, 1.807) is 11.5 Å². The van der Waals surface area contributed by atoms with E-state index in [2.05, 4.69) is 25.5 Å². The van der Waals surface area contributed by atoms with Gasteiger partial charge in [-0.3, -0.25) is 5.10 Å². The van der Waals surface area contributed by atoms with Gasteiger partial charge in [0.2, 0.25) is 11.8 Å². The fraction of sp³-hybridized carbons (Fsp3) is 0.214. The molecular weight excluding hydrogens is 298 g/mol. The van der Waals surface area contributed by atoms with Crippen LogP contribution in [0.2, 0.25) is 0 Å². The minimum absolute atomic E-state index is 0.147. The van der Waals surface area contributed by atoms with Crippen molar-refractivity contribution in [3.63, 3.8) is 0 Å². The van der Waals surface area contributed by atoms with Crippen LogP contribution in [-0.4, -0.2) is 29.7 Å². The molecule has 3 rings (SSSR count). The van der Waals surface area contributed by atoms with Crippen LogP contribution in [0, 0.1) is 17.0 Å². The van der Waals surface area contributed by atoms with Crippen molar-refractivity contribution >= 4 is 17.5 Å². The first kappa shape index (κ1) is 14.7. The van der Waals surface area contributed by atoms with E-state index in [-0.39, 0.29) is 5.82 Å². The van der Waals surface area contributed by atoms with Crippen LogP contribution in [0.3, 0.4) is 0 Å². The Morgan fingerprint density at radius 1 is 1.30 bits per heavy atom. The van der Waals surface area contributed by atoms with Crippen LogP contribution in [0.5, 0.6) is 0 Å². The zero-order chi connectivity index (χ0) is 16.2. The third kappa shape index (κ3) is 3.51. The minimum atomic E-state index is -0.500. The molecule has 0 aliphatic rings. The second-order valence-electron chi connectivity index (χ2n) is 4.94. The molecule has 2 N–H and O–H groups in total. The summed E-state index contributed by atoms with van der Waals surface area (Å²) in [5.41, 5.74) is 0.902. The average Bonchev–Trinajstić information content (AvgIpc) is 3.13. The number of anilines is 2. The lowest BCUT2D eigenvalue weighted by Crippen LogP contribution is -2.03. The molecule has 0 amide bonds. The van der Waals surface area contributed by atoms with Crippen molar-refractivity contribution in [2.24, 2.45) is 0 Å². The lowest BCUT2D eigenvalue weighted by molar-refractivity contribution is -0.389. The molecule has 1 aromatic carbocycles. The quantitative estimate of drug-likeness (QED) is 0.532. The van der Waals surface area contributed by atoms with Crippen LogP contribution in [0.25, 0.3) is 0 Å². The largest absolute Gasteiger partial charge is 0.381 e. The summed E-state index contributed by atoms with van der Waals surface area (Å²) in [5.74, 6) is 1.63. The van der Waals surface area contributed by atoms with Crippen molar-refractivity contribution < 1.29 is 4.92 Å². The number of hydrogen-bond donors (Lipinski definition) is 2. The molecule has 0 saturated carbocycles. The van der Waals surface area contributed by atoms with Gasteiger partial charge in [0.05, 0.1) is 0 Å². The van der Waals surface area contributed by atoms with Crippen LogP contribution in [0.4, 0.5) is 17.5 Å². The van der Waals surface area contributed by atoms with Crippen LogP contribution < -0.4 is 5.32 Å². The van der Waals surface area contributed by atoms with Crippen LogP contribution >= 0.6 is 0 Å². The molecule has 0 saturated heterocycles. The molecule has 0 bridgehead atoms. The normalized spacial score (nSPS) is 10.7. The van der Waals surface area contributed by atoms with Crippen molar-refractivity contribution in [1.29, 1.82) is 0 Å². The maximum Gasteiger partial charge on any atom is 0.381 e. The van der Waals surface area contributed by atoms with Gasteiger partial charge in [-0.15, -0.1) is 5.10 Å². The fourth-order valence-corrected chi connectivity index (χ4v) is 2.15. The highest BCUT2D eigenvalue weighted by atomic mass is 16.6. The molecule has 0 atom stereocenters. The predicted molar refractivity (Wildman–Crippen MR) is 83.4 cm³/mol. The number of rotatable bonds is 6. The van der Waals surface area contributed by atoms with Crippen molar-refractivity contribution in [2.45, 2.75) is 19.9 Å². The van der Waals surface area contributed by atoms with Gasteiger partial charge in [-0.05, 0) is 22.0 Å². The summed E-state index contributed by atoms with van der Waals surface area (Å²) in [6.07, 6.45) is 1.99. The molecule has 0 radical (unpaired) electrons. The maximum atomic E-state index is 10.7. The van der Waals surface area contributed by atoms with E-state index in [0.717, 1.165) is 5.69 Å². The number of nitrogens with one attached hydrogen (secondary N) is 2. The summed E-state index contributed by atoms with van der Waals surface area (Å²) in [5, 5.41) is 20.8. The summed E-state index contributed by atoms with van der Waals surface area (Å²) < 4.78 is 1.73. The van der Waals surface area contributed by atoms with E-state index >= 15 is 0 Å². The van der Waals surface area contributed by atoms with E-state index < -0.39 is 4.92 Å². The second-order valence-corrected chi connectivity index (χ2v) is 4.94. The van der Waals surface area contributed by atoms with Gasteiger partial charge >= 0.3 is 5.82 Å². The number of nitro groups is 1. The van der Waals surface area contributed by atoms with E-state index in [4.69, 9.17) is 0 Å². The van der Waals surface area contributed by atoms with E-state index in [0.29, 0.717) is 30.6 Å². The van der Waals surface area contributed by atoms with Gasteiger partial charge in [0, 0.05) is 25.6 Å². The molecule has 0 aliphatic carbocycles. The van der Waals surface area contributed by atoms with Crippen LogP contribution in [0.1, 0.15) is 11.6 Å². The van der Waals surface area contributed by atoms with E-state index in [9.17, 15) is 10.1 Å². The Labute approximate surface area is 131 Å². The number of aromatic amines is 1. The third-order valence-corrected chi connectivity index (χ3v) is 3.30. The Kier molecular flexibility index (Phi) is 4.00. The molecule has 9 nitrogen and oxygen atoms in total. The van der Waals surface area contributed by atoms with Gasteiger partial charge in [0.15, 0.2) is 0 Å². The molecule has 0 aliphatic heterocycles. The van der Waals surface area contributed by atoms with E-state index in [1.165, 1.54) is 6.20 Å². The molecule has 0 fully saturated rings. The average molecular weight is 313 g/mol.